The van der Waals surface area contributed by atoms with Crippen molar-refractivity contribution in [3.8, 4) is 0 Å². The number of hydrogen-bond donors (Lipinski definition) is 0. The molecule has 1 heterocycles. The molecule has 0 spiro atoms. The SMILES string of the molecule is CCc1ccccc1C[C@H]1CC(=O)N(CCOC)C1. The van der Waals surface area contributed by atoms with E-state index >= 15 is 0 Å². The number of carbonyl (C=O) groups excluding carboxylic acids is 1. The summed E-state index contributed by atoms with van der Waals surface area (Å²) >= 11 is 0. The molecule has 0 N–H and O–H groups in total. The van der Waals surface area contributed by atoms with E-state index in [0.717, 1.165) is 25.9 Å². The molecule has 1 saturated heterocycles. The first-order chi connectivity index (χ1) is 9.24. The van der Waals surface area contributed by atoms with Gasteiger partial charge in [-0.25, -0.2) is 0 Å². The summed E-state index contributed by atoms with van der Waals surface area (Å²) in [6.07, 6.45) is 2.76. The summed E-state index contributed by atoms with van der Waals surface area (Å²) in [5, 5.41) is 0. The second-order valence-corrected chi connectivity index (χ2v) is 5.23. The number of amides is 1. The van der Waals surface area contributed by atoms with Crippen LogP contribution in [0.15, 0.2) is 24.3 Å². The molecule has 1 aliphatic heterocycles. The van der Waals surface area contributed by atoms with Crippen molar-refractivity contribution in [2.24, 2.45) is 5.92 Å². The molecule has 2 rings (SSSR count). The van der Waals surface area contributed by atoms with Gasteiger partial charge >= 0.3 is 0 Å². The molecule has 1 aromatic carbocycles. The van der Waals surface area contributed by atoms with Crippen molar-refractivity contribution in [3.05, 3.63) is 35.4 Å². The van der Waals surface area contributed by atoms with E-state index in [4.69, 9.17) is 4.74 Å². The fraction of sp³-hybridized carbons (Fsp3) is 0.562. The van der Waals surface area contributed by atoms with Crippen molar-refractivity contribution in [2.75, 3.05) is 26.8 Å². The Bertz CT molecular complexity index is 431. The van der Waals surface area contributed by atoms with E-state index in [-0.39, 0.29) is 5.91 Å². The number of aryl methyl sites for hydroxylation is 1. The van der Waals surface area contributed by atoms with E-state index < -0.39 is 0 Å². The lowest BCUT2D eigenvalue weighted by molar-refractivity contribution is -0.128. The van der Waals surface area contributed by atoms with Crippen LogP contribution in [0.25, 0.3) is 0 Å². The number of rotatable bonds is 6. The van der Waals surface area contributed by atoms with E-state index in [1.807, 2.05) is 4.90 Å². The first-order valence-electron chi connectivity index (χ1n) is 7.08. The van der Waals surface area contributed by atoms with E-state index in [2.05, 4.69) is 31.2 Å². The first-order valence-corrected chi connectivity index (χ1v) is 7.08. The summed E-state index contributed by atoms with van der Waals surface area (Å²) in [6.45, 7) is 4.41. The number of nitrogens with zero attached hydrogens (tertiary/aromatic N) is 1. The lowest BCUT2D eigenvalue weighted by atomic mass is 9.94. The topological polar surface area (TPSA) is 29.5 Å². The Morgan fingerprint density at radius 2 is 2.05 bits per heavy atom. The minimum Gasteiger partial charge on any atom is -0.383 e. The summed E-state index contributed by atoms with van der Waals surface area (Å²) in [6, 6.07) is 8.57. The Morgan fingerprint density at radius 3 is 2.74 bits per heavy atom. The van der Waals surface area contributed by atoms with Crippen LogP contribution < -0.4 is 0 Å². The Kier molecular flexibility index (Phi) is 4.97. The third-order valence-electron chi connectivity index (χ3n) is 3.87. The maximum atomic E-state index is 11.9. The molecule has 0 aliphatic carbocycles. The van der Waals surface area contributed by atoms with Crippen molar-refractivity contribution in [1.29, 1.82) is 0 Å². The maximum Gasteiger partial charge on any atom is 0.223 e. The number of likely N-dealkylation sites (tertiary alicyclic amines) is 1. The monoisotopic (exact) mass is 261 g/mol. The molecule has 1 amide bonds. The van der Waals surface area contributed by atoms with E-state index in [1.165, 1.54) is 11.1 Å². The molecule has 1 atom stereocenters. The van der Waals surface area contributed by atoms with Crippen LogP contribution >= 0.6 is 0 Å². The highest BCUT2D eigenvalue weighted by atomic mass is 16.5. The van der Waals surface area contributed by atoms with Crippen LogP contribution in [-0.4, -0.2) is 37.6 Å². The molecule has 3 heteroatoms. The van der Waals surface area contributed by atoms with Gasteiger partial charge in [-0.1, -0.05) is 31.2 Å². The molecule has 3 nitrogen and oxygen atoms in total. The van der Waals surface area contributed by atoms with Crippen LogP contribution in [0.4, 0.5) is 0 Å². The molecule has 1 aromatic rings. The van der Waals surface area contributed by atoms with Crippen molar-refractivity contribution in [2.45, 2.75) is 26.2 Å². The van der Waals surface area contributed by atoms with Gasteiger partial charge in [-0.3, -0.25) is 4.79 Å². The highest BCUT2D eigenvalue weighted by Gasteiger charge is 2.29. The Hall–Kier alpha value is -1.35. The number of carbonyl (C=O) groups is 1. The maximum absolute atomic E-state index is 11.9. The normalized spacial score (nSPS) is 19.2. The third kappa shape index (κ3) is 3.57. The van der Waals surface area contributed by atoms with Gasteiger partial charge in [0, 0.05) is 26.6 Å². The average Bonchev–Trinajstić information content (AvgIpc) is 2.77. The minimum atomic E-state index is 0.274. The molecule has 0 bridgehead atoms. The van der Waals surface area contributed by atoms with Crippen molar-refractivity contribution in [1.82, 2.24) is 4.90 Å². The largest absolute Gasteiger partial charge is 0.383 e. The lowest BCUT2D eigenvalue weighted by Gasteiger charge is -2.16. The van der Waals surface area contributed by atoms with Gasteiger partial charge in [0.1, 0.15) is 0 Å². The molecule has 19 heavy (non-hydrogen) atoms. The van der Waals surface area contributed by atoms with Gasteiger partial charge in [0.05, 0.1) is 6.61 Å². The van der Waals surface area contributed by atoms with Gasteiger partial charge in [-0.2, -0.15) is 0 Å². The van der Waals surface area contributed by atoms with Crippen LogP contribution in [0.2, 0.25) is 0 Å². The van der Waals surface area contributed by atoms with E-state index in [0.29, 0.717) is 18.9 Å². The highest BCUT2D eigenvalue weighted by Crippen LogP contribution is 2.23. The molecule has 0 aromatic heterocycles. The summed E-state index contributed by atoms with van der Waals surface area (Å²) in [4.78, 5) is 13.8. The molecule has 0 unspecified atom stereocenters. The number of benzene rings is 1. The molecule has 1 aliphatic rings. The summed E-state index contributed by atoms with van der Waals surface area (Å²) < 4.78 is 5.05. The predicted octanol–water partition coefficient (Wildman–Crippen LogP) is 2.29. The zero-order valence-electron chi connectivity index (χ0n) is 11.9. The fourth-order valence-corrected chi connectivity index (χ4v) is 2.82. The third-order valence-corrected chi connectivity index (χ3v) is 3.87. The standard InChI is InChI=1S/C16H23NO2/c1-3-14-6-4-5-7-15(14)10-13-11-16(18)17(12-13)8-9-19-2/h4-7,13H,3,8-12H2,1-2H3/t13-/m0/s1. The molecule has 104 valence electrons. The van der Waals surface area contributed by atoms with Crippen LogP contribution in [-0.2, 0) is 22.4 Å². The van der Waals surface area contributed by atoms with Crippen LogP contribution in [0, 0.1) is 5.92 Å². The van der Waals surface area contributed by atoms with Crippen LogP contribution in [0.1, 0.15) is 24.5 Å². The predicted molar refractivity (Wildman–Crippen MR) is 76.1 cm³/mol. The number of ether oxygens (including phenoxy) is 1. The molecule has 1 fully saturated rings. The Balaban J connectivity index is 1.95. The number of methoxy groups -OCH3 is 1. The van der Waals surface area contributed by atoms with Crippen LogP contribution in [0.3, 0.4) is 0 Å². The minimum absolute atomic E-state index is 0.274. The van der Waals surface area contributed by atoms with Gasteiger partial charge < -0.3 is 9.64 Å². The van der Waals surface area contributed by atoms with Crippen molar-refractivity contribution >= 4 is 5.91 Å². The van der Waals surface area contributed by atoms with Crippen molar-refractivity contribution in [3.63, 3.8) is 0 Å². The zero-order chi connectivity index (χ0) is 13.7. The van der Waals surface area contributed by atoms with Gasteiger partial charge in [0.25, 0.3) is 0 Å². The van der Waals surface area contributed by atoms with E-state index in [9.17, 15) is 4.79 Å². The van der Waals surface area contributed by atoms with Gasteiger partial charge in [-0.15, -0.1) is 0 Å². The molecular formula is C16H23NO2. The molecular weight excluding hydrogens is 238 g/mol. The second-order valence-electron chi connectivity index (χ2n) is 5.23. The van der Waals surface area contributed by atoms with Crippen LogP contribution in [0.5, 0.6) is 0 Å². The summed E-state index contributed by atoms with van der Waals surface area (Å²) in [7, 11) is 1.68. The number of hydrogen-bond acceptors (Lipinski definition) is 2. The quantitative estimate of drug-likeness (QED) is 0.786. The highest BCUT2D eigenvalue weighted by molar-refractivity contribution is 5.78. The first kappa shape index (κ1) is 14.1. The average molecular weight is 261 g/mol. The smallest absolute Gasteiger partial charge is 0.223 e. The zero-order valence-corrected chi connectivity index (χ0v) is 11.9. The Morgan fingerprint density at radius 1 is 1.32 bits per heavy atom. The van der Waals surface area contributed by atoms with Crippen molar-refractivity contribution < 1.29 is 9.53 Å². The molecule has 0 radical (unpaired) electrons. The second kappa shape index (κ2) is 6.71. The Labute approximate surface area is 115 Å². The molecule has 0 saturated carbocycles. The van der Waals surface area contributed by atoms with Gasteiger partial charge in [0.2, 0.25) is 5.91 Å². The summed E-state index contributed by atoms with van der Waals surface area (Å²) in [5.41, 5.74) is 2.81. The lowest BCUT2D eigenvalue weighted by Crippen LogP contribution is -2.28. The van der Waals surface area contributed by atoms with Gasteiger partial charge in [0.15, 0.2) is 0 Å². The summed E-state index contributed by atoms with van der Waals surface area (Å²) in [5.74, 6) is 0.730. The van der Waals surface area contributed by atoms with Gasteiger partial charge in [-0.05, 0) is 29.9 Å². The van der Waals surface area contributed by atoms with E-state index in [1.54, 1.807) is 7.11 Å². The fourth-order valence-electron chi connectivity index (χ4n) is 2.82.